The van der Waals surface area contributed by atoms with Gasteiger partial charge in [-0.15, -0.1) is 0 Å². The highest BCUT2D eigenvalue weighted by molar-refractivity contribution is 5.35. The van der Waals surface area contributed by atoms with Gasteiger partial charge in [-0.1, -0.05) is 18.6 Å². The van der Waals surface area contributed by atoms with Crippen molar-refractivity contribution in [1.82, 2.24) is 0 Å². The third-order valence-corrected chi connectivity index (χ3v) is 2.55. The Kier molecular flexibility index (Phi) is 1.93. The molecule has 1 rings (SSSR count). The van der Waals surface area contributed by atoms with Crippen molar-refractivity contribution in [2.24, 2.45) is 5.92 Å². The molecule has 1 aliphatic carbocycles. The predicted molar refractivity (Wildman–Crippen MR) is 47.3 cm³/mol. The third kappa shape index (κ3) is 1.54. The molecule has 0 aliphatic heterocycles. The number of aliphatic hydroxyl groups is 1. The van der Waals surface area contributed by atoms with Crippen molar-refractivity contribution in [2.75, 3.05) is 0 Å². The Morgan fingerprint density at radius 3 is 2.36 bits per heavy atom. The minimum atomic E-state index is -0.649. The summed E-state index contributed by atoms with van der Waals surface area (Å²) in [5, 5.41) is 9.81. The molecule has 0 saturated heterocycles. The molecule has 0 radical (unpaired) electrons. The molecule has 62 valence electrons. The molecule has 0 aromatic heterocycles. The summed E-state index contributed by atoms with van der Waals surface area (Å²) in [6, 6.07) is 0. The second-order valence-electron chi connectivity index (χ2n) is 3.69. The predicted octanol–water partition coefficient (Wildman–Crippen LogP) is 2.28. The minimum Gasteiger partial charge on any atom is -0.385 e. The lowest BCUT2D eigenvalue weighted by Crippen LogP contribution is -2.31. The molecule has 0 bridgehead atoms. The molecule has 1 nitrogen and oxygen atoms in total. The number of rotatable bonds is 0. The van der Waals surface area contributed by atoms with Crippen LogP contribution in [0.25, 0.3) is 0 Å². The molecule has 1 heteroatoms. The third-order valence-electron chi connectivity index (χ3n) is 2.55. The van der Waals surface area contributed by atoms with Gasteiger partial charge < -0.3 is 5.11 Å². The van der Waals surface area contributed by atoms with Gasteiger partial charge in [0.1, 0.15) is 0 Å². The van der Waals surface area contributed by atoms with E-state index in [1.54, 1.807) is 0 Å². The maximum atomic E-state index is 9.81. The smallest absolute Gasteiger partial charge is 0.0865 e. The zero-order chi connectivity index (χ0) is 8.65. The van der Waals surface area contributed by atoms with E-state index in [1.165, 1.54) is 11.1 Å². The molecule has 0 aromatic carbocycles. The van der Waals surface area contributed by atoms with Crippen LogP contribution in [0.15, 0.2) is 23.3 Å². The molecule has 0 aromatic rings. The first-order valence-corrected chi connectivity index (χ1v) is 4.04. The van der Waals surface area contributed by atoms with Crippen LogP contribution in [0.3, 0.4) is 0 Å². The Labute approximate surface area is 68.4 Å². The Morgan fingerprint density at radius 1 is 1.36 bits per heavy atom. The van der Waals surface area contributed by atoms with Gasteiger partial charge in [0.25, 0.3) is 0 Å². The molecule has 11 heavy (non-hydrogen) atoms. The van der Waals surface area contributed by atoms with E-state index in [2.05, 4.69) is 13.0 Å². The highest BCUT2D eigenvalue weighted by Crippen LogP contribution is 2.29. The van der Waals surface area contributed by atoms with Gasteiger partial charge in [-0.2, -0.15) is 0 Å². The van der Waals surface area contributed by atoms with Crippen LogP contribution in [-0.4, -0.2) is 10.7 Å². The van der Waals surface area contributed by atoms with Crippen LogP contribution in [0.2, 0.25) is 0 Å². The van der Waals surface area contributed by atoms with Crippen molar-refractivity contribution in [3.63, 3.8) is 0 Å². The Morgan fingerprint density at radius 2 is 1.91 bits per heavy atom. The SMILES string of the molecule is CC1=CC(C)C(C)(O)C=C1C. The Hall–Kier alpha value is -0.560. The molecule has 1 N–H and O–H groups in total. The average Bonchev–Trinajstić information content (AvgIpc) is 1.83. The lowest BCUT2D eigenvalue weighted by Gasteiger charge is -2.30. The van der Waals surface area contributed by atoms with Gasteiger partial charge in [0, 0.05) is 5.92 Å². The average molecular weight is 152 g/mol. The normalized spacial score (nSPS) is 38.1. The van der Waals surface area contributed by atoms with E-state index in [4.69, 9.17) is 0 Å². The monoisotopic (exact) mass is 152 g/mol. The van der Waals surface area contributed by atoms with Gasteiger partial charge in [0.2, 0.25) is 0 Å². The lowest BCUT2D eigenvalue weighted by molar-refractivity contribution is 0.0715. The van der Waals surface area contributed by atoms with Crippen molar-refractivity contribution in [3.05, 3.63) is 23.3 Å². The molecule has 1 aliphatic rings. The maximum Gasteiger partial charge on any atom is 0.0865 e. The van der Waals surface area contributed by atoms with E-state index >= 15 is 0 Å². The first-order chi connectivity index (χ1) is 4.93. The van der Waals surface area contributed by atoms with Gasteiger partial charge in [-0.05, 0) is 32.4 Å². The molecular weight excluding hydrogens is 136 g/mol. The van der Waals surface area contributed by atoms with Crippen molar-refractivity contribution in [3.8, 4) is 0 Å². The van der Waals surface area contributed by atoms with E-state index in [0.29, 0.717) is 0 Å². The summed E-state index contributed by atoms with van der Waals surface area (Å²) in [6.07, 6.45) is 4.06. The fourth-order valence-corrected chi connectivity index (χ4v) is 1.36. The molecule has 0 spiro atoms. The molecule has 0 saturated carbocycles. The van der Waals surface area contributed by atoms with Crippen LogP contribution in [0.5, 0.6) is 0 Å². The number of hydrogen-bond donors (Lipinski definition) is 1. The van der Waals surface area contributed by atoms with E-state index in [0.717, 1.165) is 0 Å². The molecular formula is C10H16O. The summed E-state index contributed by atoms with van der Waals surface area (Å²) >= 11 is 0. The van der Waals surface area contributed by atoms with Gasteiger partial charge in [0.15, 0.2) is 0 Å². The van der Waals surface area contributed by atoms with Crippen LogP contribution in [0.4, 0.5) is 0 Å². The standard InChI is InChI=1S/C10H16O/c1-7-5-9(3)10(4,11)6-8(7)2/h5-6,9,11H,1-4H3. The number of hydrogen-bond acceptors (Lipinski definition) is 1. The second kappa shape index (κ2) is 2.49. The minimum absolute atomic E-state index is 0.228. The fraction of sp³-hybridized carbons (Fsp3) is 0.600. The first kappa shape index (κ1) is 8.54. The van der Waals surface area contributed by atoms with Gasteiger partial charge in [-0.25, -0.2) is 0 Å². The molecule has 2 atom stereocenters. The molecule has 0 amide bonds. The van der Waals surface area contributed by atoms with Crippen LogP contribution in [0, 0.1) is 5.92 Å². The highest BCUT2D eigenvalue weighted by atomic mass is 16.3. The lowest BCUT2D eigenvalue weighted by atomic mass is 9.82. The van der Waals surface area contributed by atoms with E-state index in [-0.39, 0.29) is 5.92 Å². The van der Waals surface area contributed by atoms with Crippen molar-refractivity contribution in [1.29, 1.82) is 0 Å². The summed E-state index contributed by atoms with van der Waals surface area (Å²) in [7, 11) is 0. The zero-order valence-corrected chi connectivity index (χ0v) is 7.68. The van der Waals surface area contributed by atoms with E-state index in [9.17, 15) is 5.11 Å². The van der Waals surface area contributed by atoms with Crippen LogP contribution in [-0.2, 0) is 0 Å². The summed E-state index contributed by atoms with van der Waals surface area (Å²) in [6.45, 7) is 8.00. The zero-order valence-electron chi connectivity index (χ0n) is 7.68. The van der Waals surface area contributed by atoms with Crippen molar-refractivity contribution < 1.29 is 5.11 Å². The first-order valence-electron chi connectivity index (χ1n) is 4.04. The van der Waals surface area contributed by atoms with E-state index < -0.39 is 5.60 Å². The summed E-state index contributed by atoms with van der Waals surface area (Å²) in [5.74, 6) is 0.228. The van der Waals surface area contributed by atoms with Crippen molar-refractivity contribution >= 4 is 0 Å². The van der Waals surface area contributed by atoms with Gasteiger partial charge in [-0.3, -0.25) is 0 Å². The van der Waals surface area contributed by atoms with Crippen LogP contribution < -0.4 is 0 Å². The Balaban J connectivity index is 2.98. The van der Waals surface area contributed by atoms with Gasteiger partial charge >= 0.3 is 0 Å². The van der Waals surface area contributed by atoms with Crippen LogP contribution >= 0.6 is 0 Å². The van der Waals surface area contributed by atoms with Crippen molar-refractivity contribution in [2.45, 2.75) is 33.3 Å². The second-order valence-corrected chi connectivity index (χ2v) is 3.69. The maximum absolute atomic E-state index is 9.81. The molecule has 0 fully saturated rings. The highest BCUT2D eigenvalue weighted by Gasteiger charge is 2.27. The molecule has 2 unspecified atom stereocenters. The molecule has 0 heterocycles. The topological polar surface area (TPSA) is 20.2 Å². The number of allylic oxidation sites excluding steroid dienone is 2. The van der Waals surface area contributed by atoms with E-state index in [1.807, 2.05) is 26.8 Å². The fourth-order valence-electron chi connectivity index (χ4n) is 1.36. The summed E-state index contributed by atoms with van der Waals surface area (Å²) in [5.41, 5.74) is 1.82. The Bertz CT molecular complexity index is 221. The van der Waals surface area contributed by atoms with Gasteiger partial charge in [0.05, 0.1) is 5.60 Å². The summed E-state index contributed by atoms with van der Waals surface area (Å²) < 4.78 is 0. The summed E-state index contributed by atoms with van der Waals surface area (Å²) in [4.78, 5) is 0. The quantitative estimate of drug-likeness (QED) is 0.564. The van der Waals surface area contributed by atoms with Crippen LogP contribution in [0.1, 0.15) is 27.7 Å². The largest absolute Gasteiger partial charge is 0.385 e.